The predicted molar refractivity (Wildman–Crippen MR) is 92.4 cm³/mol. The van der Waals surface area contributed by atoms with E-state index < -0.39 is 0 Å². The van der Waals surface area contributed by atoms with Gasteiger partial charge in [-0.05, 0) is 38.2 Å². The van der Waals surface area contributed by atoms with E-state index in [-0.39, 0.29) is 5.60 Å². The normalized spacial score (nSPS) is 23.3. The summed E-state index contributed by atoms with van der Waals surface area (Å²) in [6.07, 6.45) is 2.23. The topological polar surface area (TPSA) is 45.7 Å². The van der Waals surface area contributed by atoms with Crippen LogP contribution < -0.4 is 10.6 Å². The molecule has 1 fully saturated rings. The highest BCUT2D eigenvalue weighted by atomic mass is 16.5. The molecule has 4 nitrogen and oxygen atoms in total. The molecule has 0 bridgehead atoms. The molecular formula is C18H29N3O. The lowest BCUT2D eigenvalue weighted by Crippen LogP contribution is -2.40. The Morgan fingerprint density at radius 2 is 2.09 bits per heavy atom. The van der Waals surface area contributed by atoms with Crippen LogP contribution in [0.1, 0.15) is 45.1 Å². The van der Waals surface area contributed by atoms with Crippen LogP contribution in [0.5, 0.6) is 0 Å². The lowest BCUT2D eigenvalue weighted by Gasteiger charge is -2.22. The second-order valence-corrected chi connectivity index (χ2v) is 6.29. The third-order valence-corrected chi connectivity index (χ3v) is 4.16. The van der Waals surface area contributed by atoms with Crippen LogP contribution in [0.25, 0.3) is 0 Å². The van der Waals surface area contributed by atoms with Gasteiger partial charge in [-0.3, -0.25) is 4.99 Å². The van der Waals surface area contributed by atoms with E-state index in [0.717, 1.165) is 38.5 Å². The van der Waals surface area contributed by atoms with E-state index >= 15 is 0 Å². The lowest BCUT2D eigenvalue weighted by molar-refractivity contribution is 0.0283. The van der Waals surface area contributed by atoms with Crippen molar-refractivity contribution in [2.45, 2.75) is 45.1 Å². The van der Waals surface area contributed by atoms with Gasteiger partial charge in [0.05, 0.1) is 12.1 Å². The van der Waals surface area contributed by atoms with Crippen molar-refractivity contribution in [1.29, 1.82) is 0 Å². The summed E-state index contributed by atoms with van der Waals surface area (Å²) in [6.45, 7) is 9.78. The zero-order valence-electron chi connectivity index (χ0n) is 14.1. The van der Waals surface area contributed by atoms with E-state index in [9.17, 15) is 0 Å². The minimum atomic E-state index is -0.0899. The number of nitrogens with one attached hydrogen (secondary N) is 2. The maximum Gasteiger partial charge on any atom is 0.191 e. The van der Waals surface area contributed by atoms with Crippen molar-refractivity contribution in [2.75, 3.05) is 26.2 Å². The number of guanidine groups is 1. The van der Waals surface area contributed by atoms with Gasteiger partial charge in [-0.2, -0.15) is 0 Å². The van der Waals surface area contributed by atoms with Crippen LogP contribution in [0.4, 0.5) is 0 Å². The van der Waals surface area contributed by atoms with Gasteiger partial charge in [0.1, 0.15) is 0 Å². The molecule has 1 aliphatic heterocycles. The van der Waals surface area contributed by atoms with Crippen LogP contribution in [0.3, 0.4) is 0 Å². The molecule has 0 saturated carbocycles. The number of hydrogen-bond acceptors (Lipinski definition) is 2. The van der Waals surface area contributed by atoms with E-state index in [1.807, 2.05) is 0 Å². The second kappa shape index (κ2) is 8.18. The SMILES string of the molecule is CCNC(=NCC1(C)CCCO1)NCC(C)c1ccccc1. The first kappa shape index (κ1) is 16.8. The Labute approximate surface area is 134 Å². The molecule has 1 heterocycles. The van der Waals surface area contributed by atoms with Crippen molar-refractivity contribution in [3.63, 3.8) is 0 Å². The molecule has 2 rings (SSSR count). The monoisotopic (exact) mass is 303 g/mol. The van der Waals surface area contributed by atoms with Crippen molar-refractivity contribution in [3.05, 3.63) is 35.9 Å². The average molecular weight is 303 g/mol. The molecule has 4 heteroatoms. The molecule has 22 heavy (non-hydrogen) atoms. The highest BCUT2D eigenvalue weighted by molar-refractivity contribution is 5.79. The fraction of sp³-hybridized carbons (Fsp3) is 0.611. The van der Waals surface area contributed by atoms with Crippen LogP contribution in [0, 0.1) is 0 Å². The standard InChI is InChI=1S/C18H29N3O/c1-4-19-17(21-14-18(3)11-8-12-22-18)20-13-15(2)16-9-6-5-7-10-16/h5-7,9-10,15H,4,8,11-14H2,1-3H3,(H2,19,20,21). The number of nitrogens with zero attached hydrogens (tertiary/aromatic N) is 1. The maximum atomic E-state index is 5.80. The third kappa shape index (κ3) is 5.02. The molecule has 122 valence electrons. The summed E-state index contributed by atoms with van der Waals surface area (Å²) in [7, 11) is 0. The Kier molecular flexibility index (Phi) is 6.25. The van der Waals surface area contributed by atoms with Crippen LogP contribution in [0.15, 0.2) is 35.3 Å². The van der Waals surface area contributed by atoms with Crippen molar-refractivity contribution >= 4 is 5.96 Å². The van der Waals surface area contributed by atoms with Crippen LogP contribution in [-0.2, 0) is 4.74 Å². The number of aliphatic imine (C=N–C) groups is 1. The highest BCUT2D eigenvalue weighted by Crippen LogP contribution is 2.25. The van der Waals surface area contributed by atoms with Gasteiger partial charge < -0.3 is 15.4 Å². The minimum absolute atomic E-state index is 0.0899. The van der Waals surface area contributed by atoms with Gasteiger partial charge in [-0.25, -0.2) is 0 Å². The highest BCUT2D eigenvalue weighted by Gasteiger charge is 2.29. The van der Waals surface area contributed by atoms with Crippen molar-refractivity contribution in [2.24, 2.45) is 4.99 Å². The molecule has 0 amide bonds. The molecule has 2 N–H and O–H groups in total. The first-order valence-electron chi connectivity index (χ1n) is 8.34. The number of rotatable bonds is 6. The Hall–Kier alpha value is -1.55. The zero-order valence-corrected chi connectivity index (χ0v) is 14.1. The summed E-state index contributed by atoms with van der Waals surface area (Å²) >= 11 is 0. The summed E-state index contributed by atoms with van der Waals surface area (Å²) in [5, 5.41) is 6.76. The van der Waals surface area contributed by atoms with Gasteiger partial charge >= 0.3 is 0 Å². The fourth-order valence-electron chi connectivity index (χ4n) is 2.70. The summed E-state index contributed by atoms with van der Waals surface area (Å²) in [5.41, 5.74) is 1.25. The van der Waals surface area contributed by atoms with Crippen molar-refractivity contribution < 1.29 is 4.74 Å². The molecule has 1 aromatic rings. The Morgan fingerprint density at radius 3 is 2.73 bits per heavy atom. The van der Waals surface area contributed by atoms with Gasteiger partial charge in [-0.1, -0.05) is 37.3 Å². The number of benzene rings is 1. The Balaban J connectivity index is 1.88. The van der Waals surface area contributed by atoms with Gasteiger partial charge in [0.15, 0.2) is 5.96 Å². The van der Waals surface area contributed by atoms with E-state index in [1.54, 1.807) is 0 Å². The summed E-state index contributed by atoms with van der Waals surface area (Å²) < 4.78 is 5.80. The molecule has 1 saturated heterocycles. The van der Waals surface area contributed by atoms with E-state index in [4.69, 9.17) is 9.73 Å². The van der Waals surface area contributed by atoms with Crippen molar-refractivity contribution in [3.8, 4) is 0 Å². The zero-order chi connectivity index (χ0) is 15.8. The van der Waals surface area contributed by atoms with Gasteiger partial charge in [0.2, 0.25) is 0 Å². The molecule has 2 unspecified atom stereocenters. The van der Waals surface area contributed by atoms with Crippen LogP contribution in [-0.4, -0.2) is 37.8 Å². The average Bonchev–Trinajstić information content (AvgIpc) is 2.98. The fourth-order valence-corrected chi connectivity index (χ4v) is 2.70. The van der Waals surface area contributed by atoms with E-state index in [0.29, 0.717) is 12.5 Å². The van der Waals surface area contributed by atoms with Gasteiger partial charge in [0, 0.05) is 19.7 Å². The molecule has 2 atom stereocenters. The van der Waals surface area contributed by atoms with Crippen LogP contribution >= 0.6 is 0 Å². The molecule has 0 radical (unpaired) electrons. The summed E-state index contributed by atoms with van der Waals surface area (Å²) in [5.74, 6) is 1.32. The maximum absolute atomic E-state index is 5.80. The first-order chi connectivity index (χ1) is 10.6. The summed E-state index contributed by atoms with van der Waals surface area (Å²) in [6, 6.07) is 10.6. The molecule has 1 aliphatic rings. The van der Waals surface area contributed by atoms with Gasteiger partial charge in [-0.15, -0.1) is 0 Å². The van der Waals surface area contributed by atoms with E-state index in [1.165, 1.54) is 5.56 Å². The largest absolute Gasteiger partial charge is 0.373 e. The second-order valence-electron chi connectivity index (χ2n) is 6.29. The Morgan fingerprint density at radius 1 is 1.32 bits per heavy atom. The first-order valence-corrected chi connectivity index (χ1v) is 8.34. The molecule has 0 aliphatic carbocycles. The van der Waals surface area contributed by atoms with E-state index in [2.05, 4.69) is 61.7 Å². The quantitative estimate of drug-likeness (QED) is 0.627. The lowest BCUT2D eigenvalue weighted by atomic mass is 10.0. The summed E-state index contributed by atoms with van der Waals surface area (Å²) in [4.78, 5) is 4.70. The molecule has 0 spiro atoms. The molecule has 0 aromatic heterocycles. The number of hydrogen-bond donors (Lipinski definition) is 2. The third-order valence-electron chi connectivity index (χ3n) is 4.16. The van der Waals surface area contributed by atoms with Crippen LogP contribution in [0.2, 0.25) is 0 Å². The minimum Gasteiger partial charge on any atom is -0.373 e. The predicted octanol–water partition coefficient (Wildman–Crippen LogP) is 2.91. The smallest absolute Gasteiger partial charge is 0.191 e. The van der Waals surface area contributed by atoms with Gasteiger partial charge in [0.25, 0.3) is 0 Å². The Bertz CT molecular complexity index is 466. The van der Waals surface area contributed by atoms with Crippen molar-refractivity contribution in [1.82, 2.24) is 10.6 Å². The molecular weight excluding hydrogens is 274 g/mol. The molecule has 1 aromatic carbocycles. The number of ether oxygens (including phenoxy) is 1.